The Balaban J connectivity index is 2.01. The third-order valence-corrected chi connectivity index (χ3v) is 4.73. The number of hydrogen-bond acceptors (Lipinski definition) is 4. The lowest BCUT2D eigenvalue weighted by atomic mass is 9.86. The molecule has 6 nitrogen and oxygen atoms in total. The van der Waals surface area contributed by atoms with Crippen LogP contribution in [-0.2, 0) is 19.1 Å². The molecule has 0 spiro atoms. The zero-order valence-electron chi connectivity index (χ0n) is 16.2. The van der Waals surface area contributed by atoms with Crippen LogP contribution in [0.3, 0.4) is 0 Å². The molecule has 0 unspecified atom stereocenters. The van der Waals surface area contributed by atoms with Crippen molar-refractivity contribution in [2.45, 2.75) is 58.6 Å². The maximum absolute atomic E-state index is 12.5. The molecule has 1 aliphatic rings. The van der Waals surface area contributed by atoms with E-state index >= 15 is 0 Å². The smallest absolute Gasteiger partial charge is 0.355 e. The molecule has 1 saturated carbocycles. The van der Waals surface area contributed by atoms with Gasteiger partial charge in [0.1, 0.15) is 5.70 Å². The third kappa shape index (κ3) is 6.55. The maximum atomic E-state index is 12.5. The van der Waals surface area contributed by atoms with Gasteiger partial charge in [-0.2, -0.15) is 0 Å². The van der Waals surface area contributed by atoms with Crippen molar-refractivity contribution >= 4 is 23.9 Å². The molecule has 1 fully saturated rings. The van der Waals surface area contributed by atoms with Gasteiger partial charge < -0.3 is 15.4 Å². The summed E-state index contributed by atoms with van der Waals surface area (Å²) in [7, 11) is 0. The van der Waals surface area contributed by atoms with Crippen molar-refractivity contribution in [2.75, 3.05) is 0 Å². The van der Waals surface area contributed by atoms with E-state index in [1.165, 1.54) is 26.3 Å². The topological polar surface area (TPSA) is 84.5 Å². The van der Waals surface area contributed by atoms with E-state index < -0.39 is 12.1 Å². The van der Waals surface area contributed by atoms with Crippen LogP contribution in [0.5, 0.6) is 0 Å². The zero-order valence-corrected chi connectivity index (χ0v) is 16.2. The van der Waals surface area contributed by atoms with Crippen molar-refractivity contribution < 1.29 is 19.1 Å². The van der Waals surface area contributed by atoms with Crippen LogP contribution in [0.2, 0.25) is 0 Å². The van der Waals surface area contributed by atoms with Crippen LogP contribution < -0.4 is 10.6 Å². The van der Waals surface area contributed by atoms with E-state index in [-0.39, 0.29) is 23.6 Å². The molecule has 27 heavy (non-hydrogen) atoms. The lowest BCUT2D eigenvalue weighted by Gasteiger charge is -2.30. The summed E-state index contributed by atoms with van der Waals surface area (Å²) in [5.41, 5.74) is 0.741. The minimum absolute atomic E-state index is 0.000570. The number of carbonyl (C=O) groups excluding carboxylic acids is 3. The van der Waals surface area contributed by atoms with Gasteiger partial charge in [0.05, 0.1) is 0 Å². The Morgan fingerprint density at radius 3 is 2.44 bits per heavy atom. The molecule has 6 heteroatoms. The Bertz CT molecular complexity index is 699. The van der Waals surface area contributed by atoms with Gasteiger partial charge in [0.15, 0.2) is 6.10 Å². The normalized spacial score (nSPS) is 21.1. The number of hydrogen-bond donors (Lipinski definition) is 2. The highest BCUT2D eigenvalue weighted by molar-refractivity contribution is 5.98. The first-order chi connectivity index (χ1) is 12.9. The number of nitrogens with one attached hydrogen (secondary N) is 2. The Morgan fingerprint density at radius 1 is 1.15 bits per heavy atom. The van der Waals surface area contributed by atoms with Crippen LogP contribution in [0.25, 0.3) is 6.08 Å². The minimum atomic E-state index is -0.945. The van der Waals surface area contributed by atoms with E-state index in [2.05, 4.69) is 17.6 Å². The average Bonchev–Trinajstić information content (AvgIpc) is 2.63. The van der Waals surface area contributed by atoms with Gasteiger partial charge in [-0.1, -0.05) is 50.1 Å². The Morgan fingerprint density at radius 2 is 1.81 bits per heavy atom. The second-order valence-corrected chi connectivity index (χ2v) is 7.07. The average molecular weight is 372 g/mol. The van der Waals surface area contributed by atoms with Gasteiger partial charge in [0.25, 0.3) is 5.91 Å². The molecule has 2 rings (SSSR count). The largest absolute Gasteiger partial charge is 0.448 e. The fraction of sp³-hybridized carbons (Fsp3) is 0.476. The van der Waals surface area contributed by atoms with E-state index in [4.69, 9.17) is 4.74 Å². The summed E-state index contributed by atoms with van der Waals surface area (Å²) < 4.78 is 5.29. The lowest BCUT2D eigenvalue weighted by Crippen LogP contribution is -2.46. The molecule has 0 bridgehead atoms. The first kappa shape index (κ1) is 20.7. The highest BCUT2D eigenvalue weighted by Gasteiger charge is 2.27. The van der Waals surface area contributed by atoms with Crippen molar-refractivity contribution in [3.8, 4) is 0 Å². The summed E-state index contributed by atoms with van der Waals surface area (Å²) >= 11 is 0. The number of benzene rings is 1. The molecule has 2 N–H and O–H groups in total. The first-order valence-electron chi connectivity index (χ1n) is 9.42. The van der Waals surface area contributed by atoms with Crippen molar-refractivity contribution in [3.05, 3.63) is 41.6 Å². The molecule has 0 saturated heterocycles. The summed E-state index contributed by atoms with van der Waals surface area (Å²) in [6.45, 7) is 4.97. The molecule has 0 aliphatic heterocycles. The molecule has 0 aromatic heterocycles. The molecule has 1 aromatic carbocycles. The van der Waals surface area contributed by atoms with Crippen LogP contribution >= 0.6 is 0 Å². The molecule has 1 aliphatic carbocycles. The van der Waals surface area contributed by atoms with Gasteiger partial charge in [-0.25, -0.2) is 4.79 Å². The molecular formula is C21H28N2O4. The number of carbonyl (C=O) groups is 3. The zero-order chi connectivity index (χ0) is 19.8. The molecule has 0 heterocycles. The summed E-state index contributed by atoms with van der Waals surface area (Å²) in [5.74, 6) is -1.03. The Hall–Kier alpha value is -2.63. The molecule has 3 atom stereocenters. The van der Waals surface area contributed by atoms with Gasteiger partial charge in [-0.15, -0.1) is 0 Å². The fourth-order valence-electron chi connectivity index (χ4n) is 3.16. The molecule has 2 amide bonds. The van der Waals surface area contributed by atoms with Crippen LogP contribution in [0.1, 0.15) is 52.0 Å². The van der Waals surface area contributed by atoms with E-state index in [9.17, 15) is 14.4 Å². The van der Waals surface area contributed by atoms with Crippen molar-refractivity contribution in [3.63, 3.8) is 0 Å². The predicted octanol–water partition coefficient (Wildman–Crippen LogP) is 2.79. The third-order valence-electron chi connectivity index (χ3n) is 4.73. The predicted molar refractivity (Wildman–Crippen MR) is 103 cm³/mol. The van der Waals surface area contributed by atoms with Gasteiger partial charge in [0, 0.05) is 13.0 Å². The quantitative estimate of drug-likeness (QED) is 0.594. The lowest BCUT2D eigenvalue weighted by molar-refractivity contribution is -0.152. The van der Waals surface area contributed by atoms with Crippen LogP contribution in [0.15, 0.2) is 36.0 Å². The standard InChI is InChI=1S/C21H28N2O4/c1-14-9-7-8-12-18(14)23-20(25)15(2)27-21(26)19(22-16(3)24)13-17-10-5-4-6-11-17/h4-6,10-11,13-15,18H,7-9,12H2,1-3H3,(H,22,24)(H,23,25)/b19-13-/t14-,15-,18-/m1/s1. The van der Waals surface area contributed by atoms with Crippen LogP contribution in [0, 0.1) is 5.92 Å². The minimum Gasteiger partial charge on any atom is -0.448 e. The molecule has 0 radical (unpaired) electrons. The van der Waals surface area contributed by atoms with Crippen LogP contribution in [-0.4, -0.2) is 29.9 Å². The highest BCUT2D eigenvalue weighted by atomic mass is 16.5. The number of ether oxygens (including phenoxy) is 1. The monoisotopic (exact) mass is 372 g/mol. The van der Waals surface area contributed by atoms with Crippen molar-refractivity contribution in [1.82, 2.24) is 10.6 Å². The SMILES string of the molecule is CC(=O)N/C(=C\c1ccccc1)C(=O)O[C@H](C)C(=O)N[C@@H]1CCCC[C@H]1C. The van der Waals surface area contributed by atoms with Crippen molar-refractivity contribution in [2.24, 2.45) is 5.92 Å². The van der Waals surface area contributed by atoms with Crippen molar-refractivity contribution in [1.29, 1.82) is 0 Å². The summed E-state index contributed by atoms with van der Waals surface area (Å²) in [6.07, 6.45) is 4.89. The van der Waals surface area contributed by atoms with Gasteiger partial charge >= 0.3 is 5.97 Å². The number of esters is 1. The second-order valence-electron chi connectivity index (χ2n) is 7.07. The maximum Gasteiger partial charge on any atom is 0.355 e. The van der Waals surface area contributed by atoms with Gasteiger partial charge in [0.2, 0.25) is 5.91 Å². The summed E-state index contributed by atoms with van der Waals surface area (Å²) in [4.78, 5) is 36.3. The summed E-state index contributed by atoms with van der Waals surface area (Å²) in [5, 5.41) is 5.46. The Kier molecular flexibility index (Phi) is 7.58. The first-order valence-corrected chi connectivity index (χ1v) is 9.42. The van der Waals surface area contributed by atoms with Gasteiger partial charge in [-0.3, -0.25) is 9.59 Å². The molecule has 1 aromatic rings. The number of amides is 2. The summed E-state index contributed by atoms with van der Waals surface area (Å²) in [6, 6.07) is 9.22. The molecular weight excluding hydrogens is 344 g/mol. The second kappa shape index (κ2) is 9.90. The van der Waals surface area contributed by atoms with E-state index in [1.807, 2.05) is 18.2 Å². The van der Waals surface area contributed by atoms with E-state index in [0.717, 1.165) is 24.8 Å². The number of rotatable bonds is 6. The molecule has 146 valence electrons. The highest BCUT2D eigenvalue weighted by Crippen LogP contribution is 2.23. The van der Waals surface area contributed by atoms with Gasteiger partial charge in [-0.05, 0) is 37.3 Å². The fourth-order valence-corrected chi connectivity index (χ4v) is 3.16. The van der Waals surface area contributed by atoms with E-state index in [1.54, 1.807) is 12.1 Å². The Labute approximate surface area is 160 Å². The van der Waals surface area contributed by atoms with Crippen LogP contribution in [0.4, 0.5) is 0 Å². The van der Waals surface area contributed by atoms with E-state index in [0.29, 0.717) is 5.92 Å².